The van der Waals surface area contributed by atoms with E-state index < -0.39 is 0 Å². The van der Waals surface area contributed by atoms with Crippen molar-refractivity contribution < 1.29 is 4.79 Å². The summed E-state index contributed by atoms with van der Waals surface area (Å²) in [4.78, 5) is 20.2. The van der Waals surface area contributed by atoms with E-state index in [9.17, 15) is 4.79 Å². The van der Waals surface area contributed by atoms with Crippen LogP contribution in [0.15, 0.2) is 55.1 Å². The quantitative estimate of drug-likeness (QED) is 0.757. The second-order valence-corrected chi connectivity index (χ2v) is 4.25. The van der Waals surface area contributed by atoms with Crippen molar-refractivity contribution in [3.05, 3.63) is 60.8 Å². The van der Waals surface area contributed by atoms with Crippen molar-refractivity contribution in [3.63, 3.8) is 0 Å². The van der Waals surface area contributed by atoms with Gasteiger partial charge in [-0.15, -0.1) is 0 Å². The molecule has 0 spiro atoms. The van der Waals surface area contributed by atoms with Crippen molar-refractivity contribution >= 4 is 17.3 Å². The maximum Gasteiger partial charge on any atom is 0.276 e. The average Bonchev–Trinajstić information content (AvgIpc) is 3.02. The standard InChI is InChI=1S/C14H12N6O/c15-11-3-1-6-16-13(11)14(21)19-10-4-5-12(17-9-10)20-8-2-7-18-20/h1-9H,15H2,(H,19,21). The Morgan fingerprint density at radius 1 is 1.14 bits per heavy atom. The summed E-state index contributed by atoms with van der Waals surface area (Å²) in [6.07, 6.45) is 6.52. The number of pyridine rings is 2. The molecule has 3 N–H and O–H groups in total. The van der Waals surface area contributed by atoms with Crippen molar-refractivity contribution in [2.45, 2.75) is 0 Å². The van der Waals surface area contributed by atoms with Gasteiger partial charge in [-0.2, -0.15) is 5.10 Å². The maximum absolute atomic E-state index is 12.0. The number of nitrogens with zero attached hydrogens (tertiary/aromatic N) is 4. The van der Waals surface area contributed by atoms with Gasteiger partial charge in [0.05, 0.1) is 17.6 Å². The molecule has 0 radical (unpaired) electrons. The number of carbonyl (C=O) groups excluding carboxylic acids is 1. The summed E-state index contributed by atoms with van der Waals surface area (Å²) >= 11 is 0. The molecule has 7 nitrogen and oxygen atoms in total. The largest absolute Gasteiger partial charge is 0.397 e. The Hall–Kier alpha value is -3.22. The second kappa shape index (κ2) is 5.41. The Balaban J connectivity index is 1.77. The van der Waals surface area contributed by atoms with Crippen LogP contribution < -0.4 is 11.1 Å². The van der Waals surface area contributed by atoms with E-state index in [1.807, 2.05) is 0 Å². The molecule has 0 aliphatic heterocycles. The molecule has 7 heteroatoms. The number of carbonyl (C=O) groups is 1. The highest BCUT2D eigenvalue weighted by Gasteiger charge is 2.11. The highest BCUT2D eigenvalue weighted by atomic mass is 16.1. The minimum absolute atomic E-state index is 0.189. The van der Waals surface area contributed by atoms with E-state index in [1.165, 1.54) is 6.20 Å². The molecule has 0 saturated heterocycles. The van der Waals surface area contributed by atoms with Crippen LogP contribution in [0.5, 0.6) is 0 Å². The summed E-state index contributed by atoms with van der Waals surface area (Å²) in [5.74, 6) is 0.289. The number of anilines is 2. The molecule has 0 atom stereocenters. The van der Waals surface area contributed by atoms with Crippen molar-refractivity contribution in [1.82, 2.24) is 19.7 Å². The molecule has 0 aliphatic carbocycles. The predicted octanol–water partition coefficient (Wildman–Crippen LogP) is 1.50. The van der Waals surface area contributed by atoms with Crippen molar-refractivity contribution in [1.29, 1.82) is 0 Å². The minimum atomic E-state index is -0.373. The van der Waals surface area contributed by atoms with Crippen LogP contribution in [-0.2, 0) is 0 Å². The normalized spacial score (nSPS) is 10.3. The lowest BCUT2D eigenvalue weighted by Gasteiger charge is -2.07. The van der Waals surface area contributed by atoms with E-state index in [0.29, 0.717) is 17.2 Å². The van der Waals surface area contributed by atoms with E-state index in [0.717, 1.165) is 0 Å². The average molecular weight is 280 g/mol. The zero-order valence-corrected chi connectivity index (χ0v) is 11.0. The Morgan fingerprint density at radius 2 is 2.05 bits per heavy atom. The lowest BCUT2D eigenvalue weighted by Crippen LogP contribution is -2.16. The molecular formula is C14H12N6O. The molecule has 21 heavy (non-hydrogen) atoms. The Morgan fingerprint density at radius 3 is 2.71 bits per heavy atom. The topological polar surface area (TPSA) is 98.7 Å². The number of hydrogen-bond donors (Lipinski definition) is 2. The third-order valence-electron chi connectivity index (χ3n) is 2.80. The van der Waals surface area contributed by atoms with Gasteiger partial charge in [0.25, 0.3) is 5.91 Å². The number of nitrogens with two attached hydrogens (primary N) is 1. The van der Waals surface area contributed by atoms with Gasteiger partial charge >= 0.3 is 0 Å². The summed E-state index contributed by atoms with van der Waals surface area (Å²) in [5.41, 5.74) is 6.79. The molecule has 0 fully saturated rings. The smallest absolute Gasteiger partial charge is 0.276 e. The fourth-order valence-electron chi connectivity index (χ4n) is 1.80. The van der Waals surface area contributed by atoms with Gasteiger partial charge in [0.2, 0.25) is 0 Å². The molecular weight excluding hydrogens is 268 g/mol. The van der Waals surface area contributed by atoms with Gasteiger partial charge in [-0.3, -0.25) is 4.79 Å². The molecule has 0 aliphatic rings. The first-order valence-corrected chi connectivity index (χ1v) is 6.22. The maximum atomic E-state index is 12.0. The fourth-order valence-corrected chi connectivity index (χ4v) is 1.80. The first kappa shape index (κ1) is 12.8. The first-order valence-electron chi connectivity index (χ1n) is 6.22. The lowest BCUT2D eigenvalue weighted by molar-refractivity contribution is 0.102. The Bertz CT molecular complexity index is 751. The predicted molar refractivity (Wildman–Crippen MR) is 78.0 cm³/mol. The van der Waals surface area contributed by atoms with E-state index in [2.05, 4.69) is 20.4 Å². The SMILES string of the molecule is Nc1cccnc1C(=O)Nc1ccc(-n2cccn2)nc1. The second-order valence-electron chi connectivity index (χ2n) is 4.25. The molecule has 3 rings (SSSR count). The van der Waals surface area contributed by atoms with Crippen LogP contribution >= 0.6 is 0 Å². The van der Waals surface area contributed by atoms with Gasteiger partial charge in [0.15, 0.2) is 11.5 Å². The van der Waals surface area contributed by atoms with E-state index >= 15 is 0 Å². The summed E-state index contributed by atoms with van der Waals surface area (Å²) < 4.78 is 1.63. The number of amides is 1. The van der Waals surface area contributed by atoms with Crippen LogP contribution in [0.2, 0.25) is 0 Å². The molecule has 3 aromatic rings. The third-order valence-corrected chi connectivity index (χ3v) is 2.80. The molecule has 0 aromatic carbocycles. The van der Waals surface area contributed by atoms with Gasteiger partial charge in [0, 0.05) is 18.6 Å². The molecule has 3 aromatic heterocycles. The van der Waals surface area contributed by atoms with Crippen molar-refractivity contribution in [3.8, 4) is 5.82 Å². The summed E-state index contributed by atoms with van der Waals surface area (Å²) in [7, 11) is 0. The summed E-state index contributed by atoms with van der Waals surface area (Å²) in [5, 5.41) is 6.77. The van der Waals surface area contributed by atoms with Gasteiger partial charge in [-0.05, 0) is 30.3 Å². The molecule has 0 unspecified atom stereocenters. The van der Waals surface area contributed by atoms with E-state index in [-0.39, 0.29) is 11.6 Å². The van der Waals surface area contributed by atoms with Crippen LogP contribution in [0.4, 0.5) is 11.4 Å². The number of hydrogen-bond acceptors (Lipinski definition) is 5. The highest BCUT2D eigenvalue weighted by Crippen LogP contribution is 2.12. The van der Waals surface area contributed by atoms with E-state index in [1.54, 1.807) is 53.6 Å². The van der Waals surface area contributed by atoms with Crippen LogP contribution in [0, 0.1) is 0 Å². The number of nitrogen functional groups attached to an aromatic ring is 1. The summed E-state index contributed by atoms with van der Waals surface area (Å²) in [6, 6.07) is 8.60. The molecule has 104 valence electrons. The Kier molecular flexibility index (Phi) is 3.30. The molecule has 0 bridgehead atoms. The van der Waals surface area contributed by atoms with Crippen molar-refractivity contribution in [2.24, 2.45) is 0 Å². The van der Waals surface area contributed by atoms with Crippen LogP contribution in [0.1, 0.15) is 10.5 Å². The van der Waals surface area contributed by atoms with Gasteiger partial charge < -0.3 is 11.1 Å². The van der Waals surface area contributed by atoms with Gasteiger partial charge in [-0.25, -0.2) is 14.6 Å². The lowest BCUT2D eigenvalue weighted by atomic mass is 10.3. The minimum Gasteiger partial charge on any atom is -0.397 e. The number of rotatable bonds is 3. The zero-order chi connectivity index (χ0) is 14.7. The van der Waals surface area contributed by atoms with Gasteiger partial charge in [-0.1, -0.05) is 0 Å². The number of nitrogens with one attached hydrogen (secondary N) is 1. The van der Waals surface area contributed by atoms with Gasteiger partial charge in [0.1, 0.15) is 0 Å². The fraction of sp³-hybridized carbons (Fsp3) is 0. The molecule has 0 saturated carbocycles. The zero-order valence-electron chi connectivity index (χ0n) is 11.0. The molecule has 1 amide bonds. The number of aromatic nitrogens is 4. The Labute approximate surface area is 120 Å². The monoisotopic (exact) mass is 280 g/mol. The third kappa shape index (κ3) is 2.71. The first-order chi connectivity index (χ1) is 10.2. The van der Waals surface area contributed by atoms with Crippen LogP contribution in [0.3, 0.4) is 0 Å². The highest BCUT2D eigenvalue weighted by molar-refractivity contribution is 6.06. The molecule has 3 heterocycles. The van der Waals surface area contributed by atoms with E-state index in [4.69, 9.17) is 5.73 Å². The van der Waals surface area contributed by atoms with Crippen LogP contribution in [-0.4, -0.2) is 25.7 Å². The van der Waals surface area contributed by atoms with Crippen LogP contribution in [0.25, 0.3) is 5.82 Å². The summed E-state index contributed by atoms with van der Waals surface area (Å²) in [6.45, 7) is 0. The van der Waals surface area contributed by atoms with Crippen molar-refractivity contribution in [2.75, 3.05) is 11.1 Å².